The molecule has 1 aromatic carbocycles. The second-order valence-electron chi connectivity index (χ2n) is 12.2. The summed E-state index contributed by atoms with van der Waals surface area (Å²) in [5.74, 6) is 0.948. The van der Waals surface area contributed by atoms with Gasteiger partial charge in [0.05, 0.1) is 29.3 Å². The number of piperidine rings is 1. The van der Waals surface area contributed by atoms with Gasteiger partial charge in [-0.3, -0.25) is 14.2 Å². The number of aromatic nitrogens is 3. The molecule has 0 radical (unpaired) electrons. The van der Waals surface area contributed by atoms with Crippen LogP contribution in [0.5, 0.6) is 11.5 Å². The highest BCUT2D eigenvalue weighted by atomic mass is 16.5. The first kappa shape index (κ1) is 28.9. The van der Waals surface area contributed by atoms with Gasteiger partial charge >= 0.3 is 5.97 Å². The van der Waals surface area contributed by atoms with E-state index in [4.69, 9.17) is 14.5 Å². The molecular formula is C32H42N4O5. The summed E-state index contributed by atoms with van der Waals surface area (Å²) in [6, 6.07) is 7.55. The van der Waals surface area contributed by atoms with Crippen LogP contribution in [0.2, 0.25) is 0 Å². The Kier molecular flexibility index (Phi) is 8.25. The van der Waals surface area contributed by atoms with E-state index in [1.807, 2.05) is 37.8 Å². The third-order valence-electron chi connectivity index (χ3n) is 8.44. The monoisotopic (exact) mass is 562 g/mol. The molecule has 2 fully saturated rings. The lowest BCUT2D eigenvalue weighted by atomic mass is 9.85. The molecule has 1 aliphatic heterocycles. The van der Waals surface area contributed by atoms with Crippen LogP contribution in [-0.2, 0) is 21.8 Å². The SMILES string of the molecule is CC(C)Oc1ccc(C2CCCC2)c(C(=O)N2CCCC[C@@]2(C)c2nc3ncc(O)cc3n2COC(=O)C(C)C)c1. The standard InChI is InChI=1S/C32H42N4O5/c1-20(2)30(39)40-19-35-27-16-23(37)18-33-28(27)34-31(35)32(5)14-8-9-15-36(32)29(38)26-17-24(41-21(3)4)12-13-25(26)22-10-6-7-11-22/h12-13,16-18,20-22,37H,6-11,14-15,19H2,1-5H3/t32-/m0/s1. The van der Waals surface area contributed by atoms with Crippen molar-refractivity contribution in [3.63, 3.8) is 0 Å². The Morgan fingerprint density at radius 1 is 1.10 bits per heavy atom. The number of ether oxygens (including phenoxy) is 2. The number of amides is 1. The number of carbonyl (C=O) groups is 2. The van der Waals surface area contributed by atoms with Crippen molar-refractivity contribution < 1.29 is 24.2 Å². The molecule has 220 valence electrons. The third-order valence-corrected chi connectivity index (χ3v) is 8.44. The molecule has 0 spiro atoms. The first-order valence-corrected chi connectivity index (χ1v) is 14.9. The van der Waals surface area contributed by atoms with E-state index in [0.29, 0.717) is 47.2 Å². The summed E-state index contributed by atoms with van der Waals surface area (Å²) < 4.78 is 13.5. The summed E-state index contributed by atoms with van der Waals surface area (Å²) >= 11 is 0. The van der Waals surface area contributed by atoms with Crippen LogP contribution in [-0.4, -0.2) is 49.1 Å². The number of hydrogen-bond acceptors (Lipinski definition) is 7. The molecule has 3 heterocycles. The molecule has 1 saturated heterocycles. The van der Waals surface area contributed by atoms with Crippen LogP contribution < -0.4 is 4.74 Å². The Labute approximate surface area is 241 Å². The zero-order valence-corrected chi connectivity index (χ0v) is 24.9. The Morgan fingerprint density at radius 3 is 2.56 bits per heavy atom. The van der Waals surface area contributed by atoms with Crippen molar-refractivity contribution in [3.05, 3.63) is 47.4 Å². The van der Waals surface area contributed by atoms with Gasteiger partial charge in [-0.1, -0.05) is 32.8 Å². The number of imidazole rings is 1. The summed E-state index contributed by atoms with van der Waals surface area (Å²) in [6.07, 6.45) is 8.32. The lowest BCUT2D eigenvalue weighted by Crippen LogP contribution is -2.52. The number of pyridine rings is 1. The number of hydrogen-bond donors (Lipinski definition) is 1. The van der Waals surface area contributed by atoms with E-state index in [1.165, 1.54) is 19.0 Å². The number of benzene rings is 1. The maximum Gasteiger partial charge on any atom is 0.310 e. The molecule has 2 aromatic heterocycles. The number of fused-ring (bicyclic) bond motifs is 1. The van der Waals surface area contributed by atoms with Gasteiger partial charge in [0.25, 0.3) is 5.91 Å². The average molecular weight is 563 g/mol. The quantitative estimate of drug-likeness (QED) is 0.322. The van der Waals surface area contributed by atoms with E-state index in [-0.39, 0.29) is 36.4 Å². The van der Waals surface area contributed by atoms with Crippen molar-refractivity contribution in [2.45, 2.75) is 104 Å². The second kappa shape index (κ2) is 11.7. The Bertz CT molecular complexity index is 1420. The number of carbonyl (C=O) groups excluding carboxylic acids is 2. The fourth-order valence-electron chi connectivity index (χ4n) is 6.31. The van der Waals surface area contributed by atoms with Crippen molar-refractivity contribution >= 4 is 23.0 Å². The van der Waals surface area contributed by atoms with E-state index >= 15 is 0 Å². The van der Waals surface area contributed by atoms with E-state index in [0.717, 1.165) is 31.2 Å². The lowest BCUT2D eigenvalue weighted by Gasteiger charge is -2.44. The van der Waals surface area contributed by atoms with Gasteiger partial charge in [0.2, 0.25) is 0 Å². The molecule has 1 aliphatic carbocycles. The van der Waals surface area contributed by atoms with E-state index in [1.54, 1.807) is 24.5 Å². The molecule has 9 heteroatoms. The Morgan fingerprint density at radius 2 is 1.85 bits per heavy atom. The smallest absolute Gasteiger partial charge is 0.310 e. The van der Waals surface area contributed by atoms with Crippen molar-refractivity contribution in [2.75, 3.05) is 6.54 Å². The van der Waals surface area contributed by atoms with Crippen molar-refractivity contribution in [1.82, 2.24) is 19.4 Å². The predicted octanol–water partition coefficient (Wildman–Crippen LogP) is 6.28. The first-order valence-electron chi connectivity index (χ1n) is 14.9. The van der Waals surface area contributed by atoms with Gasteiger partial charge in [-0.25, -0.2) is 9.97 Å². The zero-order chi connectivity index (χ0) is 29.3. The first-order chi connectivity index (χ1) is 19.6. The van der Waals surface area contributed by atoms with Crippen LogP contribution in [0.3, 0.4) is 0 Å². The minimum Gasteiger partial charge on any atom is -0.506 e. The highest BCUT2D eigenvalue weighted by Crippen LogP contribution is 2.42. The Hall–Kier alpha value is -3.62. The van der Waals surface area contributed by atoms with Crippen molar-refractivity contribution in [1.29, 1.82) is 0 Å². The molecule has 1 N–H and O–H groups in total. The maximum atomic E-state index is 14.6. The fraction of sp³-hybridized carbons (Fsp3) is 0.562. The van der Waals surface area contributed by atoms with Gasteiger partial charge in [0.15, 0.2) is 12.4 Å². The predicted molar refractivity (Wildman–Crippen MR) is 156 cm³/mol. The van der Waals surface area contributed by atoms with E-state index in [2.05, 4.69) is 11.1 Å². The third kappa shape index (κ3) is 5.76. The molecule has 1 amide bonds. The summed E-state index contributed by atoms with van der Waals surface area (Å²) in [7, 11) is 0. The summed E-state index contributed by atoms with van der Waals surface area (Å²) in [6.45, 7) is 10.1. The van der Waals surface area contributed by atoms with Crippen LogP contribution in [0.15, 0.2) is 30.5 Å². The summed E-state index contributed by atoms with van der Waals surface area (Å²) in [5, 5.41) is 10.2. The van der Waals surface area contributed by atoms with Gasteiger partial charge in [0, 0.05) is 18.2 Å². The van der Waals surface area contributed by atoms with Crippen molar-refractivity contribution in [2.24, 2.45) is 5.92 Å². The van der Waals surface area contributed by atoms with Crippen LogP contribution in [0.4, 0.5) is 0 Å². The zero-order valence-electron chi connectivity index (χ0n) is 24.9. The molecule has 2 aliphatic rings. The molecule has 0 unspecified atom stereocenters. The van der Waals surface area contributed by atoms with Gasteiger partial charge in [0.1, 0.15) is 17.3 Å². The van der Waals surface area contributed by atoms with Gasteiger partial charge in [-0.15, -0.1) is 0 Å². The highest BCUT2D eigenvalue weighted by Gasteiger charge is 2.44. The average Bonchev–Trinajstić information content (AvgIpc) is 3.60. The summed E-state index contributed by atoms with van der Waals surface area (Å²) in [5.41, 5.74) is 1.96. The van der Waals surface area contributed by atoms with Gasteiger partial charge in [-0.05, 0) is 76.5 Å². The number of esters is 1. The Balaban J connectivity index is 1.60. The molecule has 1 saturated carbocycles. The van der Waals surface area contributed by atoms with E-state index < -0.39 is 5.54 Å². The number of rotatable bonds is 8. The normalized spacial score (nSPS) is 19.8. The topological polar surface area (TPSA) is 107 Å². The number of aromatic hydroxyl groups is 1. The van der Waals surface area contributed by atoms with Gasteiger partial charge in [-0.2, -0.15) is 0 Å². The largest absolute Gasteiger partial charge is 0.506 e. The number of likely N-dealkylation sites (tertiary alicyclic amines) is 1. The van der Waals surface area contributed by atoms with Crippen LogP contribution in [0.1, 0.15) is 107 Å². The molecule has 3 aromatic rings. The molecule has 5 rings (SSSR count). The van der Waals surface area contributed by atoms with Crippen LogP contribution in [0, 0.1) is 5.92 Å². The second-order valence-corrected chi connectivity index (χ2v) is 12.2. The molecular weight excluding hydrogens is 520 g/mol. The van der Waals surface area contributed by atoms with Crippen LogP contribution >= 0.6 is 0 Å². The number of nitrogens with zero attached hydrogens (tertiary/aromatic N) is 4. The minimum absolute atomic E-state index is 0.00657. The van der Waals surface area contributed by atoms with E-state index in [9.17, 15) is 14.7 Å². The molecule has 0 bridgehead atoms. The minimum atomic E-state index is -0.794. The molecule has 41 heavy (non-hydrogen) atoms. The maximum absolute atomic E-state index is 14.6. The van der Waals surface area contributed by atoms with Gasteiger partial charge < -0.3 is 19.5 Å². The van der Waals surface area contributed by atoms with Crippen LogP contribution in [0.25, 0.3) is 11.2 Å². The lowest BCUT2D eigenvalue weighted by molar-refractivity contribution is -0.151. The molecule has 1 atom stereocenters. The molecule has 9 nitrogen and oxygen atoms in total. The highest BCUT2D eigenvalue weighted by molar-refractivity contribution is 5.97. The van der Waals surface area contributed by atoms with Crippen molar-refractivity contribution in [3.8, 4) is 11.5 Å². The fourth-order valence-corrected chi connectivity index (χ4v) is 6.31. The summed E-state index contributed by atoms with van der Waals surface area (Å²) in [4.78, 5) is 38.2.